The predicted molar refractivity (Wildman–Crippen MR) is 108 cm³/mol. The standard InChI is InChI=1S/C22H23N3O3/c1-5-19-14(2)23-25(15(19)3)18-8-6-7-16(11-18)22(26)24(4)17-9-10-20-21(12-17)28-13-27-20/h6-12H,5,13H2,1-4H3. The molecular weight excluding hydrogens is 354 g/mol. The summed E-state index contributed by atoms with van der Waals surface area (Å²) in [6, 6.07) is 13.0. The van der Waals surface area contributed by atoms with E-state index < -0.39 is 0 Å². The molecule has 1 amide bonds. The van der Waals surface area contributed by atoms with Crippen molar-refractivity contribution in [2.45, 2.75) is 27.2 Å². The summed E-state index contributed by atoms with van der Waals surface area (Å²) in [5.41, 5.74) is 5.60. The number of hydrogen-bond acceptors (Lipinski definition) is 4. The van der Waals surface area contributed by atoms with Crippen LogP contribution in [0.1, 0.15) is 34.2 Å². The molecule has 6 nitrogen and oxygen atoms in total. The van der Waals surface area contributed by atoms with Gasteiger partial charge in [-0.2, -0.15) is 5.10 Å². The van der Waals surface area contributed by atoms with Gasteiger partial charge in [-0.25, -0.2) is 4.68 Å². The smallest absolute Gasteiger partial charge is 0.258 e. The average Bonchev–Trinajstić information content (AvgIpc) is 3.30. The van der Waals surface area contributed by atoms with Crippen molar-refractivity contribution >= 4 is 11.6 Å². The highest BCUT2D eigenvalue weighted by molar-refractivity contribution is 6.06. The summed E-state index contributed by atoms with van der Waals surface area (Å²) in [6.45, 7) is 6.42. The number of carbonyl (C=O) groups excluding carboxylic acids is 1. The zero-order chi connectivity index (χ0) is 19.8. The molecule has 0 saturated carbocycles. The number of hydrogen-bond donors (Lipinski definition) is 0. The minimum atomic E-state index is -0.0991. The highest BCUT2D eigenvalue weighted by Crippen LogP contribution is 2.35. The molecule has 0 unspecified atom stereocenters. The summed E-state index contributed by atoms with van der Waals surface area (Å²) in [7, 11) is 1.75. The summed E-state index contributed by atoms with van der Waals surface area (Å²) in [5, 5.41) is 4.66. The van der Waals surface area contributed by atoms with E-state index in [2.05, 4.69) is 18.9 Å². The van der Waals surface area contributed by atoms with Gasteiger partial charge >= 0.3 is 0 Å². The second-order valence-corrected chi connectivity index (χ2v) is 6.87. The number of ether oxygens (including phenoxy) is 2. The van der Waals surface area contributed by atoms with Crippen molar-refractivity contribution in [2.75, 3.05) is 18.7 Å². The summed E-state index contributed by atoms with van der Waals surface area (Å²) >= 11 is 0. The number of anilines is 1. The van der Waals surface area contributed by atoms with Gasteiger partial charge in [0.2, 0.25) is 6.79 Å². The van der Waals surface area contributed by atoms with Crippen molar-refractivity contribution in [2.24, 2.45) is 0 Å². The van der Waals surface area contributed by atoms with Gasteiger partial charge in [0, 0.05) is 30.1 Å². The molecule has 0 saturated heterocycles. The van der Waals surface area contributed by atoms with Gasteiger partial charge in [0.05, 0.1) is 11.4 Å². The largest absolute Gasteiger partial charge is 0.454 e. The Kier molecular flexibility index (Phi) is 4.55. The summed E-state index contributed by atoms with van der Waals surface area (Å²) < 4.78 is 12.7. The molecule has 28 heavy (non-hydrogen) atoms. The number of nitrogens with zero attached hydrogens (tertiary/aromatic N) is 3. The van der Waals surface area contributed by atoms with Crippen LogP contribution in [0.3, 0.4) is 0 Å². The molecule has 2 aromatic carbocycles. The van der Waals surface area contributed by atoms with Gasteiger partial charge in [0.15, 0.2) is 11.5 Å². The first kappa shape index (κ1) is 18.1. The molecule has 0 bridgehead atoms. The second kappa shape index (κ2) is 7.03. The SMILES string of the molecule is CCc1c(C)nn(-c2cccc(C(=O)N(C)c3ccc4c(c3)OCO4)c2)c1C. The van der Waals surface area contributed by atoms with Crippen LogP contribution in [-0.4, -0.2) is 29.5 Å². The molecule has 144 valence electrons. The number of fused-ring (bicyclic) bond motifs is 1. The minimum absolute atomic E-state index is 0.0991. The van der Waals surface area contributed by atoms with Gasteiger partial charge < -0.3 is 14.4 Å². The quantitative estimate of drug-likeness (QED) is 0.688. The van der Waals surface area contributed by atoms with Crippen LogP contribution in [0, 0.1) is 13.8 Å². The maximum Gasteiger partial charge on any atom is 0.258 e. The first-order chi connectivity index (χ1) is 13.5. The Morgan fingerprint density at radius 1 is 1.14 bits per heavy atom. The zero-order valence-electron chi connectivity index (χ0n) is 16.5. The van der Waals surface area contributed by atoms with Gasteiger partial charge in [0.25, 0.3) is 5.91 Å². The number of amides is 1. The first-order valence-corrected chi connectivity index (χ1v) is 9.33. The lowest BCUT2D eigenvalue weighted by Gasteiger charge is -2.18. The van der Waals surface area contributed by atoms with E-state index in [0.29, 0.717) is 17.1 Å². The highest BCUT2D eigenvalue weighted by Gasteiger charge is 2.19. The molecule has 1 aliphatic rings. The molecule has 0 radical (unpaired) electrons. The van der Waals surface area contributed by atoms with Crippen LogP contribution in [0.4, 0.5) is 5.69 Å². The monoisotopic (exact) mass is 377 g/mol. The zero-order valence-corrected chi connectivity index (χ0v) is 16.5. The van der Waals surface area contributed by atoms with Gasteiger partial charge in [-0.3, -0.25) is 4.79 Å². The van der Waals surface area contributed by atoms with E-state index >= 15 is 0 Å². The fraction of sp³-hybridized carbons (Fsp3) is 0.273. The Hall–Kier alpha value is -3.28. The maximum absolute atomic E-state index is 13.1. The lowest BCUT2D eigenvalue weighted by molar-refractivity contribution is 0.0993. The van der Waals surface area contributed by atoms with Gasteiger partial charge in [-0.1, -0.05) is 13.0 Å². The molecule has 4 rings (SSSR count). The van der Waals surface area contributed by atoms with Crippen molar-refractivity contribution in [3.63, 3.8) is 0 Å². The third-order valence-corrected chi connectivity index (χ3v) is 5.18. The molecular formula is C22H23N3O3. The average molecular weight is 377 g/mol. The molecule has 0 fully saturated rings. The van der Waals surface area contributed by atoms with Crippen LogP contribution in [0.5, 0.6) is 11.5 Å². The molecule has 0 spiro atoms. The van der Waals surface area contributed by atoms with Crippen LogP contribution in [0.25, 0.3) is 5.69 Å². The Morgan fingerprint density at radius 3 is 2.68 bits per heavy atom. The number of aromatic nitrogens is 2. The van der Waals surface area contributed by atoms with Crippen LogP contribution in [0.15, 0.2) is 42.5 Å². The van der Waals surface area contributed by atoms with Crippen LogP contribution >= 0.6 is 0 Å². The van der Waals surface area contributed by atoms with Gasteiger partial charge in [-0.05, 0) is 56.2 Å². The Balaban J connectivity index is 1.65. The number of rotatable bonds is 4. The van der Waals surface area contributed by atoms with E-state index in [1.807, 2.05) is 54.1 Å². The van der Waals surface area contributed by atoms with E-state index in [4.69, 9.17) is 9.47 Å². The number of aryl methyl sites for hydroxylation is 1. The lowest BCUT2D eigenvalue weighted by Crippen LogP contribution is -2.26. The molecule has 0 atom stereocenters. The van der Waals surface area contributed by atoms with Crippen molar-refractivity contribution in [3.05, 3.63) is 65.0 Å². The van der Waals surface area contributed by atoms with E-state index in [1.165, 1.54) is 5.56 Å². The molecule has 0 aliphatic carbocycles. The predicted octanol–water partition coefficient (Wildman–Crippen LogP) is 4.06. The molecule has 2 heterocycles. The Bertz CT molecular complexity index is 1060. The van der Waals surface area contributed by atoms with Crippen molar-refractivity contribution in [1.29, 1.82) is 0 Å². The van der Waals surface area contributed by atoms with Gasteiger partial charge in [0.1, 0.15) is 0 Å². The third kappa shape index (κ3) is 3.01. The van der Waals surface area contributed by atoms with Crippen molar-refractivity contribution in [1.82, 2.24) is 9.78 Å². The van der Waals surface area contributed by atoms with E-state index in [0.717, 1.165) is 29.2 Å². The molecule has 1 aromatic heterocycles. The number of benzene rings is 2. The fourth-order valence-corrected chi connectivity index (χ4v) is 3.61. The van der Waals surface area contributed by atoms with Crippen LogP contribution < -0.4 is 14.4 Å². The Morgan fingerprint density at radius 2 is 1.93 bits per heavy atom. The van der Waals surface area contributed by atoms with Crippen molar-refractivity contribution in [3.8, 4) is 17.2 Å². The van der Waals surface area contributed by atoms with Gasteiger partial charge in [-0.15, -0.1) is 0 Å². The van der Waals surface area contributed by atoms with E-state index in [1.54, 1.807) is 11.9 Å². The summed E-state index contributed by atoms with van der Waals surface area (Å²) in [4.78, 5) is 14.7. The molecule has 3 aromatic rings. The van der Waals surface area contributed by atoms with Crippen LogP contribution in [-0.2, 0) is 6.42 Å². The summed E-state index contributed by atoms with van der Waals surface area (Å²) in [5.74, 6) is 1.25. The first-order valence-electron chi connectivity index (χ1n) is 9.33. The topological polar surface area (TPSA) is 56.6 Å². The van der Waals surface area contributed by atoms with Crippen molar-refractivity contribution < 1.29 is 14.3 Å². The minimum Gasteiger partial charge on any atom is -0.454 e. The molecule has 0 N–H and O–H groups in total. The lowest BCUT2D eigenvalue weighted by atomic mass is 10.1. The second-order valence-electron chi connectivity index (χ2n) is 6.87. The molecule has 6 heteroatoms. The van der Waals surface area contributed by atoms with Crippen LogP contribution in [0.2, 0.25) is 0 Å². The third-order valence-electron chi connectivity index (χ3n) is 5.18. The highest BCUT2D eigenvalue weighted by atomic mass is 16.7. The number of carbonyl (C=O) groups is 1. The van der Waals surface area contributed by atoms with E-state index in [9.17, 15) is 4.79 Å². The Labute approximate surface area is 164 Å². The normalized spacial score (nSPS) is 12.3. The molecule has 1 aliphatic heterocycles. The fourth-order valence-electron chi connectivity index (χ4n) is 3.61. The maximum atomic E-state index is 13.1. The summed E-state index contributed by atoms with van der Waals surface area (Å²) in [6.07, 6.45) is 0.934. The van der Waals surface area contributed by atoms with E-state index in [-0.39, 0.29) is 12.7 Å².